The molecule has 0 fully saturated rings. The van der Waals surface area contributed by atoms with Crippen LogP contribution in [0.5, 0.6) is 5.75 Å². The molecule has 0 saturated carbocycles. The molecule has 4 heteroatoms. The topological polar surface area (TPSA) is 34.2 Å². The van der Waals surface area contributed by atoms with Gasteiger partial charge in [-0.25, -0.2) is 4.39 Å². The molecule has 0 aliphatic carbocycles. The molecule has 0 saturated heterocycles. The number of hydrogen-bond donors (Lipinski definition) is 1. The summed E-state index contributed by atoms with van der Waals surface area (Å²) in [5.74, 6) is 0.00826. The van der Waals surface area contributed by atoms with Crippen LogP contribution in [0.1, 0.15) is 30.5 Å². The number of nitrogens with one attached hydrogen (secondary N) is 1. The predicted molar refractivity (Wildman–Crippen MR) is 81.9 cm³/mol. The van der Waals surface area contributed by atoms with E-state index in [1.165, 1.54) is 7.11 Å². The van der Waals surface area contributed by atoms with Crippen molar-refractivity contribution in [3.63, 3.8) is 0 Å². The van der Waals surface area contributed by atoms with E-state index in [1.54, 1.807) is 12.3 Å². The van der Waals surface area contributed by atoms with E-state index in [2.05, 4.69) is 10.3 Å². The molecular weight excluding hydrogens is 267 g/mol. The van der Waals surface area contributed by atoms with E-state index < -0.39 is 0 Å². The first-order valence-electron chi connectivity index (χ1n) is 7.21. The lowest BCUT2D eigenvalue weighted by atomic mass is 9.98. The van der Waals surface area contributed by atoms with Crippen molar-refractivity contribution in [2.75, 3.05) is 13.7 Å². The number of halogens is 1. The number of aryl methyl sites for hydroxylation is 1. The molecular formula is C17H21FN2O. The highest BCUT2D eigenvalue weighted by Gasteiger charge is 2.17. The summed E-state index contributed by atoms with van der Waals surface area (Å²) in [7, 11) is 1.49. The molecule has 1 atom stereocenters. The van der Waals surface area contributed by atoms with Gasteiger partial charge in [0.2, 0.25) is 0 Å². The number of aromatic nitrogens is 1. The Balaban J connectivity index is 2.15. The molecule has 21 heavy (non-hydrogen) atoms. The number of pyridine rings is 1. The van der Waals surface area contributed by atoms with E-state index in [9.17, 15) is 4.39 Å². The van der Waals surface area contributed by atoms with Gasteiger partial charge in [-0.2, -0.15) is 0 Å². The fraction of sp³-hybridized carbons (Fsp3) is 0.353. The molecule has 0 bridgehead atoms. The standard InChI is InChI=1S/C17H21FN2O/c1-3-20-15(10-9-13-6-5-11-19-12-13)14-7-4-8-16(21-2)17(14)18/h4-8,11-12,15,20H,3,9-10H2,1-2H3. The summed E-state index contributed by atoms with van der Waals surface area (Å²) in [4.78, 5) is 4.11. The molecule has 1 N–H and O–H groups in total. The van der Waals surface area contributed by atoms with E-state index in [0.29, 0.717) is 5.56 Å². The summed E-state index contributed by atoms with van der Waals surface area (Å²) in [6.07, 6.45) is 5.27. The van der Waals surface area contributed by atoms with Crippen molar-refractivity contribution in [2.45, 2.75) is 25.8 Å². The minimum absolute atomic E-state index is 0.0368. The Kier molecular flexibility index (Phi) is 5.69. The van der Waals surface area contributed by atoms with Gasteiger partial charge in [0, 0.05) is 24.0 Å². The average molecular weight is 288 g/mol. The number of hydrogen-bond acceptors (Lipinski definition) is 3. The van der Waals surface area contributed by atoms with Crippen LogP contribution in [0.25, 0.3) is 0 Å². The second kappa shape index (κ2) is 7.74. The van der Waals surface area contributed by atoms with Crippen LogP contribution in [0.2, 0.25) is 0 Å². The molecule has 0 aliphatic heterocycles. The van der Waals surface area contributed by atoms with Crippen molar-refractivity contribution >= 4 is 0 Å². The van der Waals surface area contributed by atoms with Crippen molar-refractivity contribution in [2.24, 2.45) is 0 Å². The fourth-order valence-corrected chi connectivity index (χ4v) is 2.43. The lowest BCUT2D eigenvalue weighted by Gasteiger charge is -2.20. The fourth-order valence-electron chi connectivity index (χ4n) is 2.43. The molecule has 1 unspecified atom stereocenters. The molecule has 1 heterocycles. The monoisotopic (exact) mass is 288 g/mol. The smallest absolute Gasteiger partial charge is 0.169 e. The summed E-state index contributed by atoms with van der Waals surface area (Å²) in [5, 5.41) is 3.35. The Labute approximate surface area is 125 Å². The van der Waals surface area contributed by atoms with E-state index in [1.807, 2.05) is 37.4 Å². The Morgan fingerprint density at radius 1 is 1.29 bits per heavy atom. The summed E-state index contributed by atoms with van der Waals surface area (Å²) in [6.45, 7) is 2.81. The molecule has 0 amide bonds. The molecule has 2 rings (SSSR count). The summed E-state index contributed by atoms with van der Waals surface area (Å²) >= 11 is 0. The highest BCUT2D eigenvalue weighted by molar-refractivity contribution is 5.33. The quantitative estimate of drug-likeness (QED) is 0.846. The van der Waals surface area contributed by atoms with Gasteiger partial charge < -0.3 is 10.1 Å². The number of rotatable bonds is 7. The van der Waals surface area contributed by atoms with Gasteiger partial charge in [0.15, 0.2) is 11.6 Å². The largest absolute Gasteiger partial charge is 0.494 e. The van der Waals surface area contributed by atoms with Gasteiger partial charge in [-0.15, -0.1) is 0 Å². The van der Waals surface area contributed by atoms with Crippen molar-refractivity contribution in [3.05, 3.63) is 59.7 Å². The van der Waals surface area contributed by atoms with Gasteiger partial charge in [-0.05, 0) is 37.1 Å². The van der Waals surface area contributed by atoms with E-state index >= 15 is 0 Å². The maximum absolute atomic E-state index is 14.4. The Hall–Kier alpha value is -1.94. The van der Waals surface area contributed by atoms with Crippen LogP contribution < -0.4 is 10.1 Å². The maximum atomic E-state index is 14.4. The van der Waals surface area contributed by atoms with Crippen molar-refractivity contribution < 1.29 is 9.13 Å². The predicted octanol–water partition coefficient (Wildman–Crippen LogP) is 3.51. The van der Waals surface area contributed by atoms with E-state index in [-0.39, 0.29) is 17.6 Å². The van der Waals surface area contributed by atoms with Crippen molar-refractivity contribution in [1.82, 2.24) is 10.3 Å². The van der Waals surface area contributed by atoms with Gasteiger partial charge in [0.25, 0.3) is 0 Å². The first-order valence-corrected chi connectivity index (χ1v) is 7.21. The van der Waals surface area contributed by atoms with Crippen molar-refractivity contribution in [1.29, 1.82) is 0 Å². The number of nitrogens with zero attached hydrogens (tertiary/aromatic N) is 1. The minimum Gasteiger partial charge on any atom is -0.494 e. The zero-order chi connectivity index (χ0) is 15.1. The molecule has 112 valence electrons. The Bertz CT molecular complexity index is 560. The van der Waals surface area contributed by atoms with Crippen LogP contribution >= 0.6 is 0 Å². The summed E-state index contributed by atoms with van der Waals surface area (Å²) in [6, 6.07) is 9.20. The first kappa shape index (κ1) is 15.4. The Morgan fingerprint density at radius 2 is 2.14 bits per heavy atom. The molecule has 0 radical (unpaired) electrons. The van der Waals surface area contributed by atoms with E-state index in [0.717, 1.165) is 24.9 Å². The van der Waals surface area contributed by atoms with Crippen LogP contribution in [-0.2, 0) is 6.42 Å². The molecule has 3 nitrogen and oxygen atoms in total. The molecule has 1 aromatic heterocycles. The number of benzene rings is 1. The van der Waals surface area contributed by atoms with Crippen LogP contribution in [0.15, 0.2) is 42.7 Å². The molecule has 2 aromatic rings. The third kappa shape index (κ3) is 4.02. The zero-order valence-electron chi connectivity index (χ0n) is 12.5. The van der Waals surface area contributed by atoms with Crippen molar-refractivity contribution in [3.8, 4) is 5.75 Å². The molecule has 0 aliphatic rings. The SMILES string of the molecule is CCNC(CCc1cccnc1)c1cccc(OC)c1F. The van der Waals surface area contributed by atoms with Crippen LogP contribution in [0, 0.1) is 5.82 Å². The van der Waals surface area contributed by atoms with Gasteiger partial charge in [0.05, 0.1) is 7.11 Å². The normalized spacial score (nSPS) is 12.1. The van der Waals surface area contributed by atoms with Crippen LogP contribution in [-0.4, -0.2) is 18.6 Å². The zero-order valence-corrected chi connectivity index (χ0v) is 12.5. The lowest BCUT2D eigenvalue weighted by molar-refractivity contribution is 0.378. The second-order valence-corrected chi connectivity index (χ2v) is 4.87. The summed E-state index contributed by atoms with van der Waals surface area (Å²) in [5.41, 5.74) is 1.81. The lowest BCUT2D eigenvalue weighted by Crippen LogP contribution is -2.22. The van der Waals surface area contributed by atoms with Crippen LogP contribution in [0.3, 0.4) is 0 Å². The highest BCUT2D eigenvalue weighted by atomic mass is 19.1. The number of ether oxygens (including phenoxy) is 1. The average Bonchev–Trinajstić information content (AvgIpc) is 2.53. The summed E-state index contributed by atoms with van der Waals surface area (Å²) < 4.78 is 19.5. The molecule has 0 spiro atoms. The van der Waals surface area contributed by atoms with Gasteiger partial charge in [0.1, 0.15) is 0 Å². The molecule has 1 aromatic carbocycles. The van der Waals surface area contributed by atoms with Gasteiger partial charge in [-0.1, -0.05) is 25.1 Å². The third-order valence-corrected chi connectivity index (χ3v) is 3.48. The first-order chi connectivity index (χ1) is 10.3. The Morgan fingerprint density at radius 3 is 2.81 bits per heavy atom. The van der Waals surface area contributed by atoms with Crippen LogP contribution in [0.4, 0.5) is 4.39 Å². The number of methoxy groups -OCH3 is 1. The van der Waals surface area contributed by atoms with Gasteiger partial charge in [-0.3, -0.25) is 4.98 Å². The second-order valence-electron chi connectivity index (χ2n) is 4.87. The minimum atomic E-state index is -0.280. The van der Waals surface area contributed by atoms with Gasteiger partial charge >= 0.3 is 0 Å². The maximum Gasteiger partial charge on any atom is 0.169 e. The van der Waals surface area contributed by atoms with E-state index in [4.69, 9.17) is 4.74 Å². The third-order valence-electron chi connectivity index (χ3n) is 3.48. The highest BCUT2D eigenvalue weighted by Crippen LogP contribution is 2.27.